The highest BCUT2D eigenvalue weighted by Gasteiger charge is 2.15. The number of fused-ring (bicyclic) bond motifs is 1. The molecule has 2 aliphatic carbocycles. The molecule has 0 aromatic heterocycles. The van der Waals surface area contributed by atoms with Gasteiger partial charge in [0.2, 0.25) is 0 Å². The Morgan fingerprint density at radius 2 is 1.83 bits per heavy atom. The normalized spacial score (nSPS) is 18.1. The molecule has 1 fully saturated rings. The van der Waals surface area contributed by atoms with Crippen molar-refractivity contribution in [1.29, 1.82) is 0 Å². The summed E-state index contributed by atoms with van der Waals surface area (Å²) in [6.45, 7) is 1.05. The molecular formula is C19H28N2O2. The van der Waals surface area contributed by atoms with Crippen LogP contribution in [0, 0.1) is 0 Å². The van der Waals surface area contributed by atoms with E-state index >= 15 is 0 Å². The molecule has 4 heteroatoms. The molecule has 2 amide bonds. The van der Waals surface area contributed by atoms with Crippen LogP contribution in [0.25, 0.3) is 0 Å². The molecule has 0 spiro atoms. The first-order chi connectivity index (χ1) is 11.3. The first-order valence-electron chi connectivity index (χ1n) is 9.10. The van der Waals surface area contributed by atoms with Crippen LogP contribution in [0.2, 0.25) is 0 Å². The van der Waals surface area contributed by atoms with Gasteiger partial charge >= 0.3 is 6.03 Å². The fraction of sp³-hybridized carbons (Fsp3) is 0.632. The minimum absolute atomic E-state index is 0.0639. The molecule has 0 saturated heterocycles. The van der Waals surface area contributed by atoms with Crippen LogP contribution < -0.4 is 15.4 Å². The molecular weight excluding hydrogens is 288 g/mol. The molecule has 23 heavy (non-hydrogen) atoms. The van der Waals surface area contributed by atoms with Crippen molar-refractivity contribution in [3.8, 4) is 5.75 Å². The third-order valence-electron chi connectivity index (χ3n) is 4.92. The molecule has 0 heterocycles. The van der Waals surface area contributed by atoms with Crippen LogP contribution in [0.5, 0.6) is 5.75 Å². The first kappa shape index (κ1) is 16.2. The highest BCUT2D eigenvalue weighted by molar-refractivity contribution is 5.74. The lowest BCUT2D eigenvalue weighted by Gasteiger charge is -2.22. The number of hydrogen-bond acceptors (Lipinski definition) is 2. The highest BCUT2D eigenvalue weighted by atomic mass is 16.5. The predicted molar refractivity (Wildman–Crippen MR) is 92.0 cm³/mol. The zero-order valence-corrected chi connectivity index (χ0v) is 13.9. The minimum Gasteiger partial charge on any atom is -0.492 e. The second-order valence-electron chi connectivity index (χ2n) is 6.72. The van der Waals surface area contributed by atoms with Crippen molar-refractivity contribution in [2.24, 2.45) is 0 Å². The molecule has 3 rings (SSSR count). The number of ether oxygens (including phenoxy) is 1. The fourth-order valence-electron chi connectivity index (χ4n) is 3.62. The van der Waals surface area contributed by atoms with Gasteiger partial charge in [-0.15, -0.1) is 0 Å². The van der Waals surface area contributed by atoms with E-state index in [1.165, 1.54) is 49.7 Å². The van der Waals surface area contributed by atoms with E-state index in [-0.39, 0.29) is 6.03 Å². The quantitative estimate of drug-likeness (QED) is 0.816. The number of carbonyl (C=O) groups excluding carboxylic acids is 1. The summed E-state index contributed by atoms with van der Waals surface area (Å²) < 4.78 is 5.77. The Kier molecular flexibility index (Phi) is 5.78. The number of urea groups is 1. The lowest BCUT2D eigenvalue weighted by atomic mass is 9.92. The maximum absolute atomic E-state index is 11.8. The highest BCUT2D eigenvalue weighted by Crippen LogP contribution is 2.25. The Labute approximate surface area is 139 Å². The van der Waals surface area contributed by atoms with Gasteiger partial charge in [-0.2, -0.15) is 0 Å². The van der Waals surface area contributed by atoms with E-state index in [9.17, 15) is 4.79 Å². The van der Waals surface area contributed by atoms with Gasteiger partial charge in [0.25, 0.3) is 0 Å². The summed E-state index contributed by atoms with van der Waals surface area (Å²) in [5.41, 5.74) is 2.89. The maximum atomic E-state index is 11.8. The van der Waals surface area contributed by atoms with Gasteiger partial charge in [-0.3, -0.25) is 0 Å². The predicted octanol–water partition coefficient (Wildman–Crippen LogP) is 3.58. The summed E-state index contributed by atoms with van der Waals surface area (Å²) in [5.74, 6) is 0.917. The van der Waals surface area contributed by atoms with E-state index in [0.717, 1.165) is 25.0 Å². The number of aryl methyl sites for hydroxylation is 2. The van der Waals surface area contributed by atoms with Crippen molar-refractivity contribution in [1.82, 2.24) is 10.6 Å². The lowest BCUT2D eigenvalue weighted by molar-refractivity contribution is 0.228. The molecule has 2 N–H and O–H groups in total. The van der Waals surface area contributed by atoms with Crippen LogP contribution in [-0.4, -0.2) is 25.2 Å². The van der Waals surface area contributed by atoms with Crippen molar-refractivity contribution in [2.45, 2.75) is 63.8 Å². The van der Waals surface area contributed by atoms with Gasteiger partial charge in [-0.05, 0) is 61.8 Å². The minimum atomic E-state index is -0.0639. The van der Waals surface area contributed by atoms with Gasteiger partial charge in [0.15, 0.2) is 0 Å². The van der Waals surface area contributed by atoms with Gasteiger partial charge in [0, 0.05) is 6.04 Å². The summed E-state index contributed by atoms with van der Waals surface area (Å²) in [6, 6.07) is 6.69. The van der Waals surface area contributed by atoms with Crippen LogP contribution in [0.3, 0.4) is 0 Å². The molecule has 4 nitrogen and oxygen atoms in total. The van der Waals surface area contributed by atoms with Crippen molar-refractivity contribution in [2.75, 3.05) is 13.2 Å². The van der Waals surface area contributed by atoms with E-state index in [2.05, 4.69) is 22.8 Å². The third kappa shape index (κ3) is 4.88. The number of benzene rings is 1. The largest absolute Gasteiger partial charge is 0.492 e. The molecule has 0 radical (unpaired) electrons. The Morgan fingerprint density at radius 1 is 1.04 bits per heavy atom. The topological polar surface area (TPSA) is 50.4 Å². The van der Waals surface area contributed by atoms with Gasteiger partial charge in [-0.25, -0.2) is 4.79 Å². The van der Waals surface area contributed by atoms with Gasteiger partial charge < -0.3 is 15.4 Å². The van der Waals surface area contributed by atoms with Gasteiger partial charge in [0.1, 0.15) is 12.4 Å². The standard InChI is InChI=1S/C19H28N2O2/c22-19(21-17-8-2-1-3-9-17)20-12-13-23-18-11-10-15-6-4-5-7-16(15)14-18/h10-11,14,17H,1-9,12-13H2,(H2,20,21,22). The van der Waals surface area contributed by atoms with E-state index in [0.29, 0.717) is 19.2 Å². The van der Waals surface area contributed by atoms with E-state index in [1.807, 2.05) is 6.07 Å². The molecule has 1 saturated carbocycles. The fourth-order valence-corrected chi connectivity index (χ4v) is 3.62. The summed E-state index contributed by atoms with van der Waals surface area (Å²) in [6.07, 6.45) is 10.9. The zero-order valence-electron chi connectivity index (χ0n) is 13.9. The van der Waals surface area contributed by atoms with Crippen molar-refractivity contribution in [3.63, 3.8) is 0 Å². The van der Waals surface area contributed by atoms with Crippen LogP contribution >= 0.6 is 0 Å². The smallest absolute Gasteiger partial charge is 0.315 e. The van der Waals surface area contributed by atoms with E-state index in [4.69, 9.17) is 4.74 Å². The number of amides is 2. The lowest BCUT2D eigenvalue weighted by Crippen LogP contribution is -2.44. The SMILES string of the molecule is O=C(NCCOc1ccc2c(c1)CCCC2)NC1CCCCC1. The Hall–Kier alpha value is -1.71. The van der Waals surface area contributed by atoms with Gasteiger partial charge in [-0.1, -0.05) is 25.3 Å². The number of carbonyl (C=O) groups is 1. The van der Waals surface area contributed by atoms with Crippen LogP contribution in [-0.2, 0) is 12.8 Å². The number of rotatable bonds is 5. The summed E-state index contributed by atoms with van der Waals surface area (Å²) >= 11 is 0. The third-order valence-corrected chi connectivity index (χ3v) is 4.92. The van der Waals surface area contributed by atoms with Gasteiger partial charge in [0.05, 0.1) is 6.54 Å². The second-order valence-corrected chi connectivity index (χ2v) is 6.72. The van der Waals surface area contributed by atoms with E-state index < -0.39 is 0 Å². The molecule has 0 unspecified atom stereocenters. The summed E-state index contributed by atoms with van der Waals surface area (Å²) in [7, 11) is 0. The Balaban J connectivity index is 1.35. The second kappa shape index (κ2) is 8.23. The molecule has 0 atom stereocenters. The Morgan fingerprint density at radius 3 is 2.65 bits per heavy atom. The molecule has 2 aliphatic rings. The molecule has 1 aromatic rings. The average molecular weight is 316 g/mol. The van der Waals surface area contributed by atoms with Crippen molar-refractivity contribution < 1.29 is 9.53 Å². The maximum Gasteiger partial charge on any atom is 0.315 e. The van der Waals surface area contributed by atoms with E-state index in [1.54, 1.807) is 0 Å². The van der Waals surface area contributed by atoms with Crippen molar-refractivity contribution in [3.05, 3.63) is 29.3 Å². The number of hydrogen-bond donors (Lipinski definition) is 2. The Bertz CT molecular complexity index is 524. The average Bonchev–Trinajstić information content (AvgIpc) is 2.59. The molecule has 126 valence electrons. The number of nitrogens with one attached hydrogen (secondary N) is 2. The monoisotopic (exact) mass is 316 g/mol. The van der Waals surface area contributed by atoms with Crippen LogP contribution in [0.15, 0.2) is 18.2 Å². The van der Waals surface area contributed by atoms with Crippen molar-refractivity contribution >= 4 is 6.03 Å². The summed E-state index contributed by atoms with van der Waals surface area (Å²) in [4.78, 5) is 11.8. The molecule has 0 bridgehead atoms. The van der Waals surface area contributed by atoms with Crippen LogP contribution in [0.1, 0.15) is 56.1 Å². The van der Waals surface area contributed by atoms with Crippen LogP contribution in [0.4, 0.5) is 4.79 Å². The zero-order chi connectivity index (χ0) is 15.9. The first-order valence-corrected chi connectivity index (χ1v) is 9.10. The molecule has 1 aromatic carbocycles. The summed E-state index contributed by atoms with van der Waals surface area (Å²) in [5, 5.41) is 5.94. The molecule has 0 aliphatic heterocycles.